The van der Waals surface area contributed by atoms with Crippen molar-refractivity contribution in [3.8, 4) is 0 Å². The minimum absolute atomic E-state index is 0.0925. The number of nitrogens with two attached hydrogens (primary N) is 2. The number of unbranched alkanes of at least 4 members (excludes halogenated alkanes) is 1. The fourth-order valence-electron chi connectivity index (χ4n) is 2.23. The highest BCUT2D eigenvalue weighted by molar-refractivity contribution is 7.80. The lowest BCUT2D eigenvalue weighted by Gasteiger charge is -2.23. The Morgan fingerprint density at radius 1 is 0.800 bits per heavy atom. The van der Waals surface area contributed by atoms with E-state index in [2.05, 4.69) is 35.9 Å². The number of carbonyl (C=O) groups excluding carboxylic acids is 3. The highest BCUT2D eigenvalue weighted by Crippen LogP contribution is 2.01. The van der Waals surface area contributed by atoms with Crippen LogP contribution in [0.15, 0.2) is 0 Å². The zero-order chi connectivity index (χ0) is 23.3. The van der Waals surface area contributed by atoms with Crippen LogP contribution < -0.4 is 27.4 Å². The molecule has 3 amide bonds. The molecule has 4 atom stereocenters. The number of carboxylic acid groups (broad SMARTS) is 2. The van der Waals surface area contributed by atoms with Crippen LogP contribution in [0.3, 0.4) is 0 Å². The maximum absolute atomic E-state index is 12.4. The lowest BCUT2D eigenvalue weighted by Crippen LogP contribution is -2.58. The van der Waals surface area contributed by atoms with Crippen LogP contribution in [0, 0.1) is 0 Å². The van der Waals surface area contributed by atoms with Gasteiger partial charge in [0, 0.05) is 11.5 Å². The van der Waals surface area contributed by atoms with Crippen molar-refractivity contribution >= 4 is 54.9 Å². The van der Waals surface area contributed by atoms with Crippen LogP contribution in [0.5, 0.6) is 0 Å². The molecule has 0 saturated heterocycles. The Hall–Kier alpha value is -2.03. The fourth-order valence-corrected chi connectivity index (χ4v) is 2.74. The Kier molecular flexibility index (Phi) is 13.9. The van der Waals surface area contributed by atoms with Gasteiger partial charge in [-0.25, -0.2) is 4.79 Å². The van der Waals surface area contributed by atoms with Gasteiger partial charge in [-0.05, 0) is 19.4 Å². The third-order valence-electron chi connectivity index (χ3n) is 3.93. The summed E-state index contributed by atoms with van der Waals surface area (Å²) in [5.74, 6) is -5.52. The summed E-state index contributed by atoms with van der Waals surface area (Å²) in [4.78, 5) is 58.6. The molecule has 0 heterocycles. The summed E-state index contributed by atoms with van der Waals surface area (Å²) in [5.41, 5.74) is 11.2. The summed E-state index contributed by atoms with van der Waals surface area (Å²) in [5, 5.41) is 24.5. The second-order valence-corrected chi connectivity index (χ2v) is 7.11. The number of thiol groups is 2. The van der Waals surface area contributed by atoms with Crippen LogP contribution in [0.4, 0.5) is 0 Å². The molecule has 0 bridgehead atoms. The van der Waals surface area contributed by atoms with E-state index < -0.39 is 60.2 Å². The van der Waals surface area contributed by atoms with Crippen molar-refractivity contribution in [3.05, 3.63) is 0 Å². The van der Waals surface area contributed by atoms with Gasteiger partial charge in [-0.15, -0.1) is 0 Å². The Bertz CT molecular complexity index is 623. The number of carbonyl (C=O) groups is 5. The van der Waals surface area contributed by atoms with Crippen LogP contribution in [0.2, 0.25) is 0 Å². The summed E-state index contributed by atoms with van der Waals surface area (Å²) in [6, 6.07) is -4.90. The highest BCUT2D eigenvalue weighted by atomic mass is 32.1. The molecule has 0 aliphatic carbocycles. The van der Waals surface area contributed by atoms with E-state index in [0.717, 1.165) is 0 Å². The third-order valence-corrected chi connectivity index (χ3v) is 4.66. The van der Waals surface area contributed by atoms with Gasteiger partial charge in [0.1, 0.15) is 18.1 Å². The van der Waals surface area contributed by atoms with E-state index >= 15 is 0 Å². The second-order valence-electron chi connectivity index (χ2n) is 6.38. The average molecular weight is 468 g/mol. The first-order valence-corrected chi connectivity index (χ1v) is 10.4. The number of carboxylic acids is 2. The quantitative estimate of drug-likeness (QED) is 0.0904. The van der Waals surface area contributed by atoms with Crippen molar-refractivity contribution in [1.29, 1.82) is 0 Å². The number of nitrogens with one attached hydrogen (secondary N) is 3. The molecule has 172 valence electrons. The maximum Gasteiger partial charge on any atom is 0.326 e. The van der Waals surface area contributed by atoms with Gasteiger partial charge < -0.3 is 37.6 Å². The molecule has 0 fully saturated rings. The third kappa shape index (κ3) is 10.7. The molecule has 0 rings (SSSR count). The van der Waals surface area contributed by atoms with E-state index in [1.54, 1.807) is 0 Å². The van der Waals surface area contributed by atoms with Gasteiger partial charge in [0.15, 0.2) is 0 Å². The van der Waals surface area contributed by atoms with Crippen molar-refractivity contribution in [2.45, 2.75) is 49.9 Å². The van der Waals surface area contributed by atoms with Crippen LogP contribution in [-0.2, 0) is 24.0 Å². The van der Waals surface area contributed by atoms with Crippen molar-refractivity contribution in [1.82, 2.24) is 16.0 Å². The van der Waals surface area contributed by atoms with Crippen LogP contribution in [-0.4, -0.2) is 82.1 Å². The molecule has 14 heteroatoms. The number of aliphatic carboxylic acids is 2. The van der Waals surface area contributed by atoms with Crippen molar-refractivity contribution in [3.63, 3.8) is 0 Å². The molecular weight excluding hydrogens is 438 g/mol. The van der Waals surface area contributed by atoms with Crippen LogP contribution in [0.1, 0.15) is 25.7 Å². The molecule has 0 spiro atoms. The summed E-state index contributed by atoms with van der Waals surface area (Å²) in [6.45, 7) is 0.471. The monoisotopic (exact) mass is 467 g/mol. The Morgan fingerprint density at radius 2 is 1.27 bits per heavy atom. The predicted molar refractivity (Wildman–Crippen MR) is 114 cm³/mol. The SMILES string of the molecule is NCCCCC(N)C(=O)NC(CS)C(=O)NC(CS)C(=O)NC(CC(=O)O)C(=O)O. The average Bonchev–Trinajstić information content (AvgIpc) is 2.68. The van der Waals surface area contributed by atoms with Gasteiger partial charge in [-0.1, -0.05) is 6.42 Å². The fraction of sp³-hybridized carbons (Fsp3) is 0.688. The Morgan fingerprint density at radius 3 is 1.67 bits per heavy atom. The van der Waals surface area contributed by atoms with Crippen molar-refractivity contribution in [2.75, 3.05) is 18.1 Å². The van der Waals surface area contributed by atoms with Crippen molar-refractivity contribution in [2.24, 2.45) is 11.5 Å². The molecule has 0 radical (unpaired) electrons. The summed E-state index contributed by atoms with van der Waals surface area (Å²) in [6.07, 6.45) is 0.888. The summed E-state index contributed by atoms with van der Waals surface area (Å²) < 4.78 is 0. The predicted octanol–water partition coefficient (Wildman–Crippen LogP) is -2.68. The number of hydrogen-bond donors (Lipinski definition) is 9. The molecule has 0 aromatic rings. The van der Waals surface area contributed by atoms with Crippen LogP contribution in [0.25, 0.3) is 0 Å². The zero-order valence-electron chi connectivity index (χ0n) is 16.2. The number of rotatable bonds is 15. The van der Waals surface area contributed by atoms with Crippen LogP contribution >= 0.6 is 25.3 Å². The molecule has 0 aromatic heterocycles. The largest absolute Gasteiger partial charge is 0.481 e. The van der Waals surface area contributed by atoms with E-state index in [1.165, 1.54) is 0 Å². The number of hydrogen-bond acceptors (Lipinski definition) is 9. The topological polar surface area (TPSA) is 214 Å². The first kappa shape index (κ1) is 28.0. The standard InChI is InChI=1S/C16H29N5O7S2/c17-4-2-1-3-8(18)13(24)20-10(6-29)15(26)21-11(7-30)14(25)19-9(16(27)28)5-12(22)23/h8-11,29-30H,1-7,17-18H2,(H,19,25)(H,20,24)(H,21,26)(H,22,23)(H,27,28). The molecule has 12 nitrogen and oxygen atoms in total. The second kappa shape index (κ2) is 14.9. The molecule has 30 heavy (non-hydrogen) atoms. The van der Waals surface area contributed by atoms with Gasteiger partial charge in [0.05, 0.1) is 12.5 Å². The summed E-state index contributed by atoms with van der Waals surface area (Å²) >= 11 is 7.96. The van der Waals surface area contributed by atoms with E-state index in [4.69, 9.17) is 21.7 Å². The summed E-state index contributed by atoms with van der Waals surface area (Å²) in [7, 11) is 0. The Balaban J connectivity index is 4.92. The molecule has 9 N–H and O–H groups in total. The van der Waals surface area contributed by atoms with Gasteiger partial charge >= 0.3 is 11.9 Å². The van der Waals surface area contributed by atoms with E-state index in [9.17, 15) is 24.0 Å². The smallest absolute Gasteiger partial charge is 0.326 e. The van der Waals surface area contributed by atoms with Gasteiger partial charge in [0.25, 0.3) is 0 Å². The minimum Gasteiger partial charge on any atom is -0.481 e. The lowest BCUT2D eigenvalue weighted by atomic mass is 10.1. The maximum atomic E-state index is 12.4. The first-order chi connectivity index (χ1) is 14.1. The van der Waals surface area contributed by atoms with E-state index in [-0.39, 0.29) is 11.5 Å². The Labute approximate surface area is 184 Å². The van der Waals surface area contributed by atoms with Crippen molar-refractivity contribution < 1.29 is 34.2 Å². The number of amides is 3. The van der Waals surface area contributed by atoms with Gasteiger partial charge in [0.2, 0.25) is 17.7 Å². The van der Waals surface area contributed by atoms with E-state index in [1.807, 2.05) is 5.32 Å². The van der Waals surface area contributed by atoms with E-state index in [0.29, 0.717) is 25.8 Å². The molecule has 0 saturated carbocycles. The molecule has 0 aromatic carbocycles. The minimum atomic E-state index is -1.68. The lowest BCUT2D eigenvalue weighted by molar-refractivity contribution is -0.147. The highest BCUT2D eigenvalue weighted by Gasteiger charge is 2.30. The first-order valence-electron chi connectivity index (χ1n) is 9.10. The van der Waals surface area contributed by atoms with Gasteiger partial charge in [-0.2, -0.15) is 25.3 Å². The van der Waals surface area contributed by atoms with Gasteiger partial charge in [-0.3, -0.25) is 19.2 Å². The molecule has 4 unspecified atom stereocenters. The molecular formula is C16H29N5O7S2. The molecule has 0 aliphatic rings. The molecule has 0 aliphatic heterocycles. The normalized spacial score (nSPS) is 14.7. The zero-order valence-corrected chi connectivity index (χ0v) is 18.0.